The van der Waals surface area contributed by atoms with Gasteiger partial charge in [0.05, 0.1) is 26.2 Å². The van der Waals surface area contributed by atoms with Crippen molar-refractivity contribution in [3.05, 3.63) is 75.2 Å². The topological polar surface area (TPSA) is 116 Å². The van der Waals surface area contributed by atoms with E-state index in [1.54, 1.807) is 47.9 Å². The van der Waals surface area contributed by atoms with Crippen molar-refractivity contribution >= 4 is 5.97 Å². The number of nitrogens with zero attached hydrogens (tertiary/aromatic N) is 1. The van der Waals surface area contributed by atoms with E-state index in [0.29, 0.717) is 54.7 Å². The number of benzene rings is 2. The maximum Gasteiger partial charge on any atom is 0.306 e. The van der Waals surface area contributed by atoms with Crippen LogP contribution in [0.3, 0.4) is 0 Å². The number of rotatable bonds is 8. The van der Waals surface area contributed by atoms with Crippen LogP contribution in [0.1, 0.15) is 34.7 Å². The Bertz CT molecular complexity index is 1300. The highest BCUT2D eigenvalue weighted by molar-refractivity contribution is 5.72. The molecule has 2 heterocycles. The van der Waals surface area contributed by atoms with E-state index in [4.69, 9.17) is 18.9 Å². The standard InChI is InChI=1S/C27H29NO8/c1-16-12-21(30)25(27(32)28(16)9-8-17-4-6-19(29)7-5-17)20(15-24(31)34-3)18-13-22(33-2)26-23(14-18)35-10-11-36-26/h4-7,12-14,20,29-30H,8-11,15H2,1-3H3/t20-/m1/s1. The van der Waals surface area contributed by atoms with Gasteiger partial charge in [0.15, 0.2) is 11.5 Å². The van der Waals surface area contributed by atoms with Gasteiger partial charge >= 0.3 is 5.97 Å². The molecule has 36 heavy (non-hydrogen) atoms. The fourth-order valence-electron chi connectivity index (χ4n) is 4.41. The molecule has 0 spiro atoms. The van der Waals surface area contributed by atoms with Gasteiger partial charge in [0.1, 0.15) is 24.7 Å². The maximum absolute atomic E-state index is 13.7. The second kappa shape index (κ2) is 10.6. The van der Waals surface area contributed by atoms with E-state index in [0.717, 1.165) is 5.56 Å². The Balaban J connectivity index is 1.79. The van der Waals surface area contributed by atoms with Crippen LogP contribution in [0.25, 0.3) is 0 Å². The van der Waals surface area contributed by atoms with Crippen molar-refractivity contribution in [1.82, 2.24) is 4.57 Å². The molecule has 0 saturated heterocycles. The molecule has 0 radical (unpaired) electrons. The van der Waals surface area contributed by atoms with Gasteiger partial charge in [-0.05, 0) is 54.8 Å². The first kappa shape index (κ1) is 25.0. The number of pyridine rings is 1. The van der Waals surface area contributed by atoms with Crippen LogP contribution in [0.2, 0.25) is 0 Å². The summed E-state index contributed by atoms with van der Waals surface area (Å²) in [6.07, 6.45) is 0.355. The molecular formula is C27H29NO8. The van der Waals surface area contributed by atoms with Gasteiger partial charge in [-0.3, -0.25) is 9.59 Å². The Hall–Kier alpha value is -4.14. The molecule has 0 unspecified atom stereocenters. The summed E-state index contributed by atoms with van der Waals surface area (Å²) in [4.78, 5) is 26.1. The molecule has 0 aliphatic carbocycles. The number of carbonyl (C=O) groups excluding carboxylic acids is 1. The molecule has 190 valence electrons. The summed E-state index contributed by atoms with van der Waals surface area (Å²) < 4.78 is 23.4. The molecule has 0 amide bonds. The predicted octanol–water partition coefficient (Wildman–Crippen LogP) is 3.29. The van der Waals surface area contributed by atoms with Crippen molar-refractivity contribution in [1.29, 1.82) is 0 Å². The van der Waals surface area contributed by atoms with Crippen molar-refractivity contribution in [2.45, 2.75) is 32.2 Å². The SMILES string of the molecule is COC(=O)C[C@H](c1cc(OC)c2c(c1)OCCO2)c1c(O)cc(C)n(CCc2ccc(O)cc2)c1=O. The van der Waals surface area contributed by atoms with Gasteiger partial charge in [0.25, 0.3) is 5.56 Å². The monoisotopic (exact) mass is 495 g/mol. The van der Waals surface area contributed by atoms with E-state index in [-0.39, 0.29) is 23.5 Å². The van der Waals surface area contributed by atoms with E-state index in [1.807, 2.05) is 0 Å². The normalized spacial score (nSPS) is 13.2. The lowest BCUT2D eigenvalue weighted by molar-refractivity contribution is -0.140. The van der Waals surface area contributed by atoms with Crippen molar-refractivity contribution in [3.8, 4) is 28.7 Å². The summed E-state index contributed by atoms with van der Waals surface area (Å²) in [6.45, 7) is 2.81. The third kappa shape index (κ3) is 5.10. The lowest BCUT2D eigenvalue weighted by Crippen LogP contribution is -2.29. The molecule has 2 N–H and O–H groups in total. The minimum absolute atomic E-state index is 0.0791. The number of aromatic hydroxyl groups is 2. The number of hydrogen-bond donors (Lipinski definition) is 2. The van der Waals surface area contributed by atoms with Gasteiger partial charge in [-0.15, -0.1) is 0 Å². The largest absolute Gasteiger partial charge is 0.508 e. The lowest BCUT2D eigenvalue weighted by Gasteiger charge is -2.25. The highest BCUT2D eigenvalue weighted by Crippen LogP contribution is 2.44. The number of hydrogen-bond acceptors (Lipinski definition) is 8. The van der Waals surface area contributed by atoms with Crippen LogP contribution < -0.4 is 19.8 Å². The van der Waals surface area contributed by atoms with Crippen LogP contribution >= 0.6 is 0 Å². The van der Waals surface area contributed by atoms with Crippen LogP contribution in [0.5, 0.6) is 28.7 Å². The van der Waals surface area contributed by atoms with Gasteiger partial charge < -0.3 is 33.7 Å². The zero-order valence-electron chi connectivity index (χ0n) is 20.4. The fraction of sp³-hybridized carbons (Fsp3) is 0.333. The molecule has 9 heteroatoms. The summed E-state index contributed by atoms with van der Waals surface area (Å²) >= 11 is 0. The Labute approximate surface area is 208 Å². The number of aromatic nitrogens is 1. The van der Waals surface area contributed by atoms with Crippen LogP contribution in [0.4, 0.5) is 0 Å². The van der Waals surface area contributed by atoms with E-state index in [1.165, 1.54) is 20.3 Å². The van der Waals surface area contributed by atoms with E-state index in [2.05, 4.69) is 0 Å². The first-order valence-electron chi connectivity index (χ1n) is 11.6. The molecule has 1 aliphatic rings. The average Bonchev–Trinajstić information content (AvgIpc) is 2.88. The summed E-state index contributed by atoms with van der Waals surface area (Å²) in [5.41, 5.74) is 1.74. The number of ether oxygens (including phenoxy) is 4. The van der Waals surface area contributed by atoms with Crippen LogP contribution in [-0.4, -0.2) is 48.2 Å². The molecule has 1 atom stereocenters. The molecule has 4 rings (SSSR count). The Morgan fingerprint density at radius 2 is 1.81 bits per heavy atom. The first-order valence-corrected chi connectivity index (χ1v) is 11.6. The number of esters is 1. The average molecular weight is 496 g/mol. The van der Waals surface area contributed by atoms with E-state index < -0.39 is 17.4 Å². The number of phenols is 1. The van der Waals surface area contributed by atoms with E-state index in [9.17, 15) is 19.8 Å². The molecular weight excluding hydrogens is 466 g/mol. The van der Waals surface area contributed by atoms with Crippen LogP contribution in [0.15, 0.2) is 47.3 Å². The van der Waals surface area contributed by atoms with Crippen molar-refractivity contribution in [3.63, 3.8) is 0 Å². The smallest absolute Gasteiger partial charge is 0.306 e. The molecule has 0 fully saturated rings. The molecule has 1 aromatic heterocycles. The van der Waals surface area contributed by atoms with Crippen molar-refractivity contribution in [2.24, 2.45) is 0 Å². The third-order valence-electron chi connectivity index (χ3n) is 6.28. The van der Waals surface area contributed by atoms with Gasteiger partial charge in [-0.25, -0.2) is 0 Å². The number of carbonyl (C=O) groups is 1. The minimum Gasteiger partial charge on any atom is -0.508 e. The third-order valence-corrected chi connectivity index (χ3v) is 6.28. The molecule has 9 nitrogen and oxygen atoms in total. The molecule has 1 aliphatic heterocycles. The van der Waals surface area contributed by atoms with E-state index >= 15 is 0 Å². The maximum atomic E-state index is 13.7. The Morgan fingerprint density at radius 3 is 2.50 bits per heavy atom. The molecule has 0 bridgehead atoms. The Morgan fingerprint density at radius 1 is 1.08 bits per heavy atom. The van der Waals surface area contributed by atoms with Crippen LogP contribution in [0, 0.1) is 6.92 Å². The lowest BCUT2D eigenvalue weighted by atomic mass is 9.87. The molecule has 0 saturated carbocycles. The number of methoxy groups -OCH3 is 2. The summed E-state index contributed by atoms with van der Waals surface area (Å²) in [5.74, 6) is -0.121. The minimum atomic E-state index is -0.824. The first-order chi connectivity index (χ1) is 17.3. The number of fused-ring (bicyclic) bond motifs is 1. The number of aryl methyl sites for hydroxylation is 2. The fourth-order valence-corrected chi connectivity index (χ4v) is 4.41. The second-order valence-electron chi connectivity index (χ2n) is 8.54. The summed E-state index contributed by atoms with van der Waals surface area (Å²) in [6, 6.07) is 11.7. The van der Waals surface area contributed by atoms with Gasteiger partial charge in [0.2, 0.25) is 5.75 Å². The summed E-state index contributed by atoms with van der Waals surface area (Å²) in [7, 11) is 2.76. The quantitative estimate of drug-likeness (QED) is 0.458. The Kier molecular flexibility index (Phi) is 7.38. The summed E-state index contributed by atoms with van der Waals surface area (Å²) in [5, 5.41) is 20.4. The number of phenolic OH excluding ortho intramolecular Hbond substituents is 1. The van der Waals surface area contributed by atoms with Gasteiger partial charge in [-0.1, -0.05) is 12.1 Å². The van der Waals surface area contributed by atoms with Gasteiger partial charge in [0, 0.05) is 18.2 Å². The second-order valence-corrected chi connectivity index (χ2v) is 8.54. The molecule has 3 aromatic rings. The molecule has 2 aromatic carbocycles. The zero-order chi connectivity index (χ0) is 25.8. The van der Waals surface area contributed by atoms with Crippen molar-refractivity contribution in [2.75, 3.05) is 27.4 Å². The van der Waals surface area contributed by atoms with Crippen molar-refractivity contribution < 1.29 is 34.0 Å². The predicted molar refractivity (Wildman–Crippen MR) is 131 cm³/mol. The van der Waals surface area contributed by atoms with Gasteiger partial charge in [-0.2, -0.15) is 0 Å². The highest BCUT2D eigenvalue weighted by Gasteiger charge is 2.29. The highest BCUT2D eigenvalue weighted by atomic mass is 16.6. The zero-order valence-corrected chi connectivity index (χ0v) is 20.4. The van der Waals surface area contributed by atoms with Crippen LogP contribution in [-0.2, 0) is 22.5 Å².